The van der Waals surface area contributed by atoms with Gasteiger partial charge in [0.1, 0.15) is 18.2 Å². The number of ether oxygens (including phenoxy) is 1. The van der Waals surface area contributed by atoms with E-state index >= 15 is 0 Å². The summed E-state index contributed by atoms with van der Waals surface area (Å²) in [5, 5.41) is 0. The third-order valence-corrected chi connectivity index (χ3v) is 6.13. The smallest absolute Gasteiger partial charge is 0.261 e. The summed E-state index contributed by atoms with van der Waals surface area (Å²) < 4.78 is 46.2. The predicted molar refractivity (Wildman–Crippen MR) is 128 cm³/mol. The van der Waals surface area contributed by atoms with Gasteiger partial charge in [-0.15, -0.1) is 0 Å². The van der Waals surface area contributed by atoms with E-state index in [2.05, 4.69) is 9.71 Å². The van der Waals surface area contributed by atoms with Crippen LogP contribution in [0.4, 0.5) is 15.8 Å². The van der Waals surface area contributed by atoms with Crippen LogP contribution in [0.15, 0.2) is 113 Å². The zero-order valence-electron chi connectivity index (χ0n) is 17.6. The number of hydrogen-bond donors (Lipinski definition) is 1. The lowest BCUT2D eigenvalue weighted by Gasteiger charge is -2.08. The molecule has 0 saturated carbocycles. The lowest BCUT2D eigenvalue weighted by atomic mass is 10.2. The minimum absolute atomic E-state index is 0.0886. The SMILES string of the molecule is O=S(=O)(Nc1ccc(F)cc1)c1ccc(N=Cc2ccc(OCc3ccccc3)cc2)cc1. The summed E-state index contributed by atoms with van der Waals surface area (Å²) in [7, 11) is -3.78. The van der Waals surface area contributed by atoms with Crippen molar-refractivity contribution in [3.8, 4) is 5.75 Å². The van der Waals surface area contributed by atoms with Gasteiger partial charge in [-0.05, 0) is 83.9 Å². The van der Waals surface area contributed by atoms with Gasteiger partial charge in [0.15, 0.2) is 0 Å². The molecule has 4 aromatic carbocycles. The van der Waals surface area contributed by atoms with E-state index in [-0.39, 0.29) is 10.6 Å². The van der Waals surface area contributed by atoms with Crippen LogP contribution in [-0.2, 0) is 16.6 Å². The average molecular weight is 461 g/mol. The summed E-state index contributed by atoms with van der Waals surface area (Å²) in [6.07, 6.45) is 1.70. The monoisotopic (exact) mass is 460 g/mol. The largest absolute Gasteiger partial charge is 0.489 e. The van der Waals surface area contributed by atoms with Crippen LogP contribution in [0, 0.1) is 5.82 Å². The van der Waals surface area contributed by atoms with Gasteiger partial charge in [-0.1, -0.05) is 30.3 Å². The van der Waals surface area contributed by atoms with Gasteiger partial charge in [-0.3, -0.25) is 9.71 Å². The molecule has 166 valence electrons. The van der Waals surface area contributed by atoms with Gasteiger partial charge < -0.3 is 4.74 Å². The van der Waals surface area contributed by atoms with Crippen molar-refractivity contribution in [1.82, 2.24) is 0 Å². The third kappa shape index (κ3) is 6.27. The molecule has 0 bridgehead atoms. The third-order valence-electron chi connectivity index (χ3n) is 4.73. The molecule has 7 heteroatoms. The molecule has 0 radical (unpaired) electrons. The maximum Gasteiger partial charge on any atom is 0.261 e. The van der Waals surface area contributed by atoms with Crippen LogP contribution in [0.3, 0.4) is 0 Å². The van der Waals surface area contributed by atoms with E-state index in [0.717, 1.165) is 16.9 Å². The van der Waals surface area contributed by atoms with Crippen LogP contribution in [-0.4, -0.2) is 14.6 Å². The molecule has 0 saturated heterocycles. The highest BCUT2D eigenvalue weighted by atomic mass is 32.2. The maximum atomic E-state index is 13.0. The Kier molecular flexibility index (Phi) is 6.80. The van der Waals surface area contributed by atoms with Crippen molar-refractivity contribution in [2.45, 2.75) is 11.5 Å². The summed E-state index contributed by atoms with van der Waals surface area (Å²) in [5.74, 6) is 0.328. The molecule has 5 nitrogen and oxygen atoms in total. The second-order valence-electron chi connectivity index (χ2n) is 7.21. The summed E-state index contributed by atoms with van der Waals surface area (Å²) in [6.45, 7) is 0.500. The number of rotatable bonds is 8. The zero-order chi connectivity index (χ0) is 23.1. The quantitative estimate of drug-likeness (QED) is 0.330. The fourth-order valence-corrected chi connectivity index (χ4v) is 4.04. The van der Waals surface area contributed by atoms with Crippen molar-refractivity contribution in [2.75, 3.05) is 4.72 Å². The van der Waals surface area contributed by atoms with E-state index in [1.165, 1.54) is 36.4 Å². The molecule has 0 aliphatic rings. The standard InChI is InChI=1S/C26H21FN2O3S/c27-22-8-10-24(11-9-22)29-33(30,31)26-16-12-23(13-17-26)28-18-20-6-14-25(15-7-20)32-19-21-4-2-1-3-5-21/h1-18,29H,19H2. The molecule has 0 unspecified atom stereocenters. The molecule has 0 aliphatic heterocycles. The van der Waals surface area contributed by atoms with Crippen LogP contribution in [0.5, 0.6) is 5.75 Å². The van der Waals surface area contributed by atoms with Crippen LogP contribution < -0.4 is 9.46 Å². The Morgan fingerprint density at radius 2 is 1.48 bits per heavy atom. The molecule has 0 amide bonds. The highest BCUT2D eigenvalue weighted by Gasteiger charge is 2.14. The first kappa shape index (κ1) is 22.2. The molecule has 0 spiro atoms. The Bertz CT molecular complexity index is 1320. The molecule has 4 rings (SSSR count). The number of benzene rings is 4. The van der Waals surface area contributed by atoms with Crippen LogP contribution in [0.2, 0.25) is 0 Å². The Morgan fingerprint density at radius 1 is 0.818 bits per heavy atom. The second-order valence-corrected chi connectivity index (χ2v) is 8.89. The number of sulfonamides is 1. The zero-order valence-corrected chi connectivity index (χ0v) is 18.4. The summed E-state index contributed by atoms with van der Waals surface area (Å²) in [4.78, 5) is 4.48. The first-order valence-corrected chi connectivity index (χ1v) is 11.7. The van der Waals surface area contributed by atoms with Gasteiger partial charge in [-0.25, -0.2) is 12.8 Å². The minimum atomic E-state index is -3.78. The van der Waals surface area contributed by atoms with Gasteiger partial charge in [-0.2, -0.15) is 0 Å². The Hall–Kier alpha value is -3.97. The molecular formula is C26H21FN2O3S. The number of nitrogens with zero attached hydrogens (tertiary/aromatic N) is 1. The maximum absolute atomic E-state index is 13.0. The van der Waals surface area contributed by atoms with Crippen molar-refractivity contribution >= 4 is 27.6 Å². The highest BCUT2D eigenvalue weighted by Crippen LogP contribution is 2.20. The Balaban J connectivity index is 1.36. The number of aliphatic imine (C=N–C) groups is 1. The summed E-state index contributed by atoms with van der Waals surface area (Å²) in [6, 6.07) is 28.8. The number of anilines is 1. The van der Waals surface area contributed by atoms with Gasteiger partial charge in [0, 0.05) is 11.9 Å². The van der Waals surface area contributed by atoms with Crippen molar-refractivity contribution < 1.29 is 17.5 Å². The molecule has 0 fully saturated rings. The average Bonchev–Trinajstić information content (AvgIpc) is 2.84. The molecule has 0 aliphatic carbocycles. The van der Waals surface area contributed by atoms with Crippen molar-refractivity contribution in [3.63, 3.8) is 0 Å². The van der Waals surface area contributed by atoms with E-state index in [9.17, 15) is 12.8 Å². The normalized spacial score (nSPS) is 11.4. The molecule has 0 aromatic heterocycles. The first-order chi connectivity index (χ1) is 16.0. The fraction of sp³-hybridized carbons (Fsp3) is 0.0385. The van der Waals surface area contributed by atoms with Crippen LogP contribution in [0.1, 0.15) is 11.1 Å². The van der Waals surface area contributed by atoms with Gasteiger partial charge in [0.05, 0.1) is 10.6 Å². The fourth-order valence-electron chi connectivity index (χ4n) is 2.98. The summed E-state index contributed by atoms with van der Waals surface area (Å²) in [5.41, 5.74) is 2.88. The summed E-state index contributed by atoms with van der Waals surface area (Å²) >= 11 is 0. The molecular weight excluding hydrogens is 439 g/mol. The predicted octanol–water partition coefficient (Wildman–Crippen LogP) is 5.96. The molecule has 0 heterocycles. The first-order valence-electron chi connectivity index (χ1n) is 10.2. The molecule has 33 heavy (non-hydrogen) atoms. The van der Waals surface area contributed by atoms with E-state index in [0.29, 0.717) is 12.3 Å². The number of halogens is 1. The van der Waals surface area contributed by atoms with Gasteiger partial charge >= 0.3 is 0 Å². The van der Waals surface area contributed by atoms with Crippen LogP contribution in [0.25, 0.3) is 0 Å². The number of nitrogens with one attached hydrogen (secondary N) is 1. The van der Waals surface area contributed by atoms with Crippen molar-refractivity contribution in [3.05, 3.63) is 120 Å². The second kappa shape index (κ2) is 10.1. The molecule has 0 atom stereocenters. The molecule has 1 N–H and O–H groups in total. The van der Waals surface area contributed by atoms with Gasteiger partial charge in [0.25, 0.3) is 10.0 Å². The van der Waals surface area contributed by atoms with E-state index < -0.39 is 15.8 Å². The molecule has 4 aromatic rings. The van der Waals surface area contributed by atoms with Gasteiger partial charge in [0.2, 0.25) is 0 Å². The van der Waals surface area contributed by atoms with Crippen molar-refractivity contribution in [1.29, 1.82) is 0 Å². The number of hydrogen-bond acceptors (Lipinski definition) is 4. The van der Waals surface area contributed by atoms with E-state index in [4.69, 9.17) is 4.74 Å². The lowest BCUT2D eigenvalue weighted by Crippen LogP contribution is -2.12. The topological polar surface area (TPSA) is 67.8 Å². The van der Waals surface area contributed by atoms with E-state index in [1.807, 2.05) is 54.6 Å². The van der Waals surface area contributed by atoms with E-state index in [1.54, 1.807) is 18.3 Å². The lowest BCUT2D eigenvalue weighted by molar-refractivity contribution is 0.306. The highest BCUT2D eigenvalue weighted by molar-refractivity contribution is 7.92. The Labute approximate surface area is 192 Å². The minimum Gasteiger partial charge on any atom is -0.489 e. The Morgan fingerprint density at radius 3 is 2.15 bits per heavy atom. The van der Waals surface area contributed by atoms with Crippen LogP contribution >= 0.6 is 0 Å². The van der Waals surface area contributed by atoms with Crippen molar-refractivity contribution in [2.24, 2.45) is 4.99 Å².